The topological polar surface area (TPSA) is 19.4 Å². The fraction of sp³-hybridized carbons (Fsp3) is 0.588. The second-order valence-electron chi connectivity index (χ2n) is 7.05. The van der Waals surface area contributed by atoms with Crippen molar-refractivity contribution in [3.63, 3.8) is 0 Å². The van der Waals surface area contributed by atoms with Crippen molar-refractivity contribution in [1.29, 1.82) is 0 Å². The summed E-state index contributed by atoms with van der Waals surface area (Å²) in [5, 5.41) is 0.982. The van der Waals surface area contributed by atoms with Crippen LogP contribution in [0.5, 0.6) is 0 Å². The van der Waals surface area contributed by atoms with Gasteiger partial charge >= 0.3 is 0 Å². The quantitative estimate of drug-likeness (QED) is 0.847. The number of fused-ring (bicyclic) bond motifs is 2. The third-order valence-corrected chi connectivity index (χ3v) is 6.84. The van der Waals surface area contributed by atoms with Gasteiger partial charge in [0, 0.05) is 32.2 Å². The smallest absolute Gasteiger partial charge is 0.186 e. The van der Waals surface area contributed by atoms with Gasteiger partial charge in [0.1, 0.15) is 11.3 Å². The molecule has 1 aromatic heterocycles. The molecule has 1 saturated carbocycles. The summed E-state index contributed by atoms with van der Waals surface area (Å²) in [6.07, 6.45) is 4.32. The molecule has 2 unspecified atom stereocenters. The number of likely N-dealkylation sites (tertiary alicyclic amines) is 1. The maximum atomic E-state index is 13.8. The van der Waals surface area contributed by atoms with Gasteiger partial charge in [-0.25, -0.2) is 9.37 Å². The molecule has 1 aromatic carbocycles. The van der Waals surface area contributed by atoms with Gasteiger partial charge in [-0.3, -0.25) is 4.90 Å². The van der Waals surface area contributed by atoms with E-state index in [1.54, 1.807) is 17.4 Å². The lowest BCUT2D eigenvalue weighted by Gasteiger charge is -2.44. The molecule has 2 aromatic rings. The van der Waals surface area contributed by atoms with Gasteiger partial charge < -0.3 is 4.90 Å². The molecule has 0 amide bonds. The molecule has 3 fully saturated rings. The minimum absolute atomic E-state index is 0.204. The summed E-state index contributed by atoms with van der Waals surface area (Å²) in [6, 6.07) is 5.90. The number of nitrogens with zero attached hydrogens (tertiary/aromatic N) is 3. The Hall–Kier alpha value is -1.20. The molecule has 2 atom stereocenters. The summed E-state index contributed by atoms with van der Waals surface area (Å²) in [7, 11) is 0. The monoisotopic (exact) mass is 317 g/mol. The van der Waals surface area contributed by atoms with E-state index in [1.807, 2.05) is 6.07 Å². The molecule has 0 spiro atoms. The van der Waals surface area contributed by atoms with E-state index < -0.39 is 0 Å². The maximum absolute atomic E-state index is 13.8. The maximum Gasteiger partial charge on any atom is 0.186 e. The second-order valence-corrected chi connectivity index (χ2v) is 8.06. The highest BCUT2D eigenvalue weighted by atomic mass is 32.1. The zero-order valence-corrected chi connectivity index (χ0v) is 13.4. The van der Waals surface area contributed by atoms with E-state index >= 15 is 0 Å². The average molecular weight is 317 g/mol. The van der Waals surface area contributed by atoms with Crippen molar-refractivity contribution in [3.05, 3.63) is 24.0 Å². The van der Waals surface area contributed by atoms with Crippen molar-refractivity contribution in [2.45, 2.75) is 25.3 Å². The van der Waals surface area contributed by atoms with E-state index in [2.05, 4.69) is 14.8 Å². The molecular weight excluding hydrogens is 297 g/mol. The number of hydrogen-bond acceptors (Lipinski definition) is 4. The zero-order chi connectivity index (χ0) is 14.7. The van der Waals surface area contributed by atoms with Gasteiger partial charge in [0.05, 0.1) is 4.70 Å². The number of para-hydroxylation sites is 1. The number of thiazole rings is 1. The molecule has 22 heavy (non-hydrogen) atoms. The molecule has 5 rings (SSSR count). The molecule has 116 valence electrons. The van der Waals surface area contributed by atoms with E-state index in [0.717, 1.165) is 34.8 Å². The molecule has 3 aliphatic rings. The van der Waals surface area contributed by atoms with E-state index in [9.17, 15) is 4.39 Å². The van der Waals surface area contributed by atoms with Crippen LogP contribution < -0.4 is 4.90 Å². The molecular formula is C17H20FN3S. The summed E-state index contributed by atoms with van der Waals surface area (Å²) in [5.41, 5.74) is 0.529. The molecule has 3 nitrogen and oxygen atoms in total. The molecule has 5 heteroatoms. The Labute approximate surface area is 133 Å². The molecule has 0 N–H and O–H groups in total. The van der Waals surface area contributed by atoms with Gasteiger partial charge in [-0.05, 0) is 36.8 Å². The lowest BCUT2D eigenvalue weighted by atomic mass is 10.0. The van der Waals surface area contributed by atoms with E-state index in [1.165, 1.54) is 38.4 Å². The largest absolute Gasteiger partial charge is 0.345 e. The van der Waals surface area contributed by atoms with Crippen LogP contribution in [0.2, 0.25) is 0 Å². The lowest BCUT2D eigenvalue weighted by Crippen LogP contribution is -2.59. The number of hydrogen-bond donors (Lipinski definition) is 0. The second kappa shape index (κ2) is 4.90. The highest BCUT2D eigenvalue weighted by Gasteiger charge is 2.42. The Morgan fingerprint density at radius 3 is 2.59 bits per heavy atom. The van der Waals surface area contributed by atoms with Gasteiger partial charge in [0.15, 0.2) is 5.13 Å². The number of rotatable bonds is 2. The molecule has 2 aliphatic heterocycles. The Bertz CT molecular complexity index is 697. The van der Waals surface area contributed by atoms with Crippen molar-refractivity contribution >= 4 is 26.7 Å². The Balaban J connectivity index is 1.28. The summed E-state index contributed by atoms with van der Waals surface area (Å²) in [4.78, 5) is 9.51. The number of benzene rings is 1. The standard InChI is InChI=1S/C17H20FN3S/c18-14-5-2-6-15-16(14)19-17(22-15)21-9-13(10-21)20-7-11-3-1-4-12(11)8-20/h2,5-6,11-13H,1,3-4,7-10H2. The fourth-order valence-electron chi connectivity index (χ4n) is 4.45. The molecule has 0 radical (unpaired) electrons. The van der Waals surface area contributed by atoms with Gasteiger partial charge in [-0.15, -0.1) is 0 Å². The van der Waals surface area contributed by atoms with Crippen LogP contribution >= 0.6 is 11.3 Å². The minimum Gasteiger partial charge on any atom is -0.345 e. The van der Waals surface area contributed by atoms with Crippen LogP contribution in [0.25, 0.3) is 10.2 Å². The first-order valence-corrected chi connectivity index (χ1v) is 9.13. The van der Waals surface area contributed by atoms with Gasteiger partial charge in [-0.1, -0.05) is 23.8 Å². The Kier molecular flexibility index (Phi) is 2.95. The normalized spacial score (nSPS) is 29.2. The predicted octanol–water partition coefficient (Wildman–Crippen LogP) is 3.36. The van der Waals surface area contributed by atoms with Crippen molar-refractivity contribution in [3.8, 4) is 0 Å². The molecule has 1 aliphatic carbocycles. The molecule has 2 saturated heterocycles. The first-order valence-electron chi connectivity index (χ1n) is 8.32. The molecule has 3 heterocycles. The Morgan fingerprint density at radius 2 is 1.86 bits per heavy atom. The lowest BCUT2D eigenvalue weighted by molar-refractivity contribution is 0.190. The highest BCUT2D eigenvalue weighted by Crippen LogP contribution is 2.40. The minimum atomic E-state index is -0.204. The van der Waals surface area contributed by atoms with Crippen LogP contribution in [0.1, 0.15) is 19.3 Å². The van der Waals surface area contributed by atoms with E-state index in [-0.39, 0.29) is 5.82 Å². The van der Waals surface area contributed by atoms with Gasteiger partial charge in [0.25, 0.3) is 0 Å². The number of anilines is 1. The van der Waals surface area contributed by atoms with Gasteiger partial charge in [0.2, 0.25) is 0 Å². The first kappa shape index (κ1) is 13.3. The van der Waals surface area contributed by atoms with Crippen LogP contribution in [-0.4, -0.2) is 42.1 Å². The third-order valence-electron chi connectivity index (χ3n) is 5.76. The number of halogens is 1. The molecule has 0 bridgehead atoms. The van der Waals surface area contributed by atoms with Gasteiger partial charge in [-0.2, -0.15) is 0 Å². The highest BCUT2D eigenvalue weighted by molar-refractivity contribution is 7.22. The van der Waals surface area contributed by atoms with Crippen LogP contribution in [0.15, 0.2) is 18.2 Å². The van der Waals surface area contributed by atoms with Crippen LogP contribution in [-0.2, 0) is 0 Å². The zero-order valence-electron chi connectivity index (χ0n) is 12.5. The summed E-state index contributed by atoms with van der Waals surface area (Å²) in [6.45, 7) is 4.72. The van der Waals surface area contributed by atoms with Crippen LogP contribution in [0.3, 0.4) is 0 Å². The summed E-state index contributed by atoms with van der Waals surface area (Å²) in [5.74, 6) is 1.72. The summed E-state index contributed by atoms with van der Waals surface area (Å²) < 4.78 is 14.7. The predicted molar refractivity (Wildman–Crippen MR) is 88.0 cm³/mol. The van der Waals surface area contributed by atoms with Crippen molar-refractivity contribution < 1.29 is 4.39 Å². The third kappa shape index (κ3) is 1.98. The van der Waals surface area contributed by atoms with Crippen LogP contribution in [0.4, 0.5) is 9.52 Å². The summed E-state index contributed by atoms with van der Waals surface area (Å²) >= 11 is 1.61. The van der Waals surface area contributed by atoms with Crippen molar-refractivity contribution in [2.24, 2.45) is 11.8 Å². The van der Waals surface area contributed by atoms with E-state index in [4.69, 9.17) is 0 Å². The Morgan fingerprint density at radius 1 is 1.09 bits per heavy atom. The van der Waals surface area contributed by atoms with Crippen LogP contribution in [0, 0.1) is 17.7 Å². The SMILES string of the molecule is Fc1cccc2sc(N3CC(N4CC5CCCC5C4)C3)nc12. The van der Waals surface area contributed by atoms with Crippen molar-refractivity contribution in [1.82, 2.24) is 9.88 Å². The fourth-order valence-corrected chi connectivity index (χ4v) is 5.45. The van der Waals surface area contributed by atoms with Crippen molar-refractivity contribution in [2.75, 3.05) is 31.1 Å². The number of aromatic nitrogens is 1. The first-order chi connectivity index (χ1) is 10.8. The average Bonchev–Trinajstić information content (AvgIpc) is 3.10. The van der Waals surface area contributed by atoms with E-state index in [0.29, 0.717) is 11.6 Å².